The van der Waals surface area contributed by atoms with Crippen LogP contribution < -0.4 is 0 Å². The second-order valence-electron chi connectivity index (χ2n) is 6.21. The maximum Gasteiger partial charge on any atom is 0.247 e. The fourth-order valence-corrected chi connectivity index (χ4v) is 4.74. The smallest absolute Gasteiger partial charge is 0.247 e. The summed E-state index contributed by atoms with van der Waals surface area (Å²) in [5.74, 6) is 1.14. The minimum Gasteiger partial charge on any atom is -0.419 e. The molecule has 132 valence electrons. The van der Waals surface area contributed by atoms with Crippen molar-refractivity contribution in [3.63, 3.8) is 0 Å². The van der Waals surface area contributed by atoms with Crippen LogP contribution in [-0.4, -0.2) is 20.2 Å². The number of hydrogen-bond donors (Lipinski definition) is 0. The minimum absolute atomic E-state index is 0.000551. The van der Waals surface area contributed by atoms with Crippen LogP contribution >= 0.6 is 23.1 Å². The first-order valence-electron chi connectivity index (χ1n) is 8.30. The zero-order chi connectivity index (χ0) is 18.3. The van der Waals surface area contributed by atoms with Crippen molar-refractivity contribution in [2.45, 2.75) is 38.0 Å². The highest BCUT2D eigenvalue weighted by atomic mass is 32.2. The number of rotatable bonds is 4. The summed E-state index contributed by atoms with van der Waals surface area (Å²) in [6, 6.07) is 8.07. The number of benzene rings is 1. The standard InChI is InChI=1S/C19H18N4OS2/c1-10-5-7-14(8-6-10)17-23-22-16(24-17)13(4)26-19-15-11(2)12(3)25-18(15)20-9-21-19/h5-9,13H,1-4H3. The van der Waals surface area contributed by atoms with E-state index in [0.29, 0.717) is 11.8 Å². The van der Waals surface area contributed by atoms with Gasteiger partial charge in [-0.2, -0.15) is 0 Å². The van der Waals surface area contributed by atoms with Gasteiger partial charge >= 0.3 is 0 Å². The Balaban J connectivity index is 1.61. The van der Waals surface area contributed by atoms with Crippen molar-refractivity contribution in [1.82, 2.24) is 20.2 Å². The summed E-state index contributed by atoms with van der Waals surface area (Å²) in [6.07, 6.45) is 1.62. The minimum atomic E-state index is -0.000551. The molecule has 0 aliphatic rings. The van der Waals surface area contributed by atoms with Crippen molar-refractivity contribution in [3.05, 3.63) is 52.5 Å². The Kier molecular flexibility index (Phi) is 4.50. The van der Waals surface area contributed by atoms with Crippen LogP contribution in [0.3, 0.4) is 0 Å². The number of thiophene rings is 1. The normalized spacial score (nSPS) is 12.6. The van der Waals surface area contributed by atoms with Crippen LogP contribution in [-0.2, 0) is 0 Å². The average molecular weight is 383 g/mol. The molecular formula is C19H18N4OS2. The zero-order valence-electron chi connectivity index (χ0n) is 15.0. The van der Waals surface area contributed by atoms with Gasteiger partial charge in [-0.25, -0.2) is 9.97 Å². The molecule has 0 saturated carbocycles. The first-order valence-corrected chi connectivity index (χ1v) is 10.0. The van der Waals surface area contributed by atoms with Gasteiger partial charge in [0, 0.05) is 15.8 Å². The number of thioether (sulfide) groups is 1. The lowest BCUT2D eigenvalue weighted by molar-refractivity contribution is 0.509. The molecule has 1 aromatic carbocycles. The van der Waals surface area contributed by atoms with E-state index in [-0.39, 0.29) is 5.25 Å². The highest BCUT2D eigenvalue weighted by molar-refractivity contribution is 7.99. The van der Waals surface area contributed by atoms with Gasteiger partial charge in [0.2, 0.25) is 11.8 Å². The van der Waals surface area contributed by atoms with Crippen LogP contribution in [0.2, 0.25) is 0 Å². The molecule has 0 saturated heterocycles. The zero-order valence-corrected chi connectivity index (χ0v) is 16.6. The molecule has 0 aliphatic heterocycles. The summed E-state index contributed by atoms with van der Waals surface area (Å²) < 4.78 is 5.91. The molecule has 0 bridgehead atoms. The van der Waals surface area contributed by atoms with Crippen LogP contribution in [0.5, 0.6) is 0 Å². The van der Waals surface area contributed by atoms with E-state index in [1.54, 1.807) is 29.4 Å². The highest BCUT2D eigenvalue weighted by Gasteiger charge is 2.20. The predicted molar refractivity (Wildman–Crippen MR) is 106 cm³/mol. The van der Waals surface area contributed by atoms with E-state index < -0.39 is 0 Å². The topological polar surface area (TPSA) is 64.7 Å². The van der Waals surface area contributed by atoms with Crippen molar-refractivity contribution in [3.8, 4) is 11.5 Å². The molecule has 1 unspecified atom stereocenters. The van der Waals surface area contributed by atoms with Gasteiger partial charge in [-0.3, -0.25) is 0 Å². The molecule has 26 heavy (non-hydrogen) atoms. The summed E-state index contributed by atoms with van der Waals surface area (Å²) in [4.78, 5) is 11.2. The molecule has 1 atom stereocenters. The lowest BCUT2D eigenvalue weighted by atomic mass is 10.1. The SMILES string of the molecule is Cc1ccc(-c2nnc(C(C)Sc3ncnc4sc(C)c(C)c34)o2)cc1. The van der Waals surface area contributed by atoms with Crippen LogP contribution in [0.25, 0.3) is 21.7 Å². The number of aromatic nitrogens is 4. The monoisotopic (exact) mass is 382 g/mol. The number of hydrogen-bond acceptors (Lipinski definition) is 7. The maximum atomic E-state index is 5.91. The molecule has 3 heterocycles. The largest absolute Gasteiger partial charge is 0.419 e. The third kappa shape index (κ3) is 3.12. The highest BCUT2D eigenvalue weighted by Crippen LogP contribution is 2.40. The molecule has 0 aliphatic carbocycles. The average Bonchev–Trinajstić information content (AvgIpc) is 3.22. The summed E-state index contributed by atoms with van der Waals surface area (Å²) in [7, 11) is 0. The molecule has 4 aromatic rings. The third-order valence-corrected chi connectivity index (χ3v) is 6.51. The quantitative estimate of drug-likeness (QED) is 0.342. The van der Waals surface area contributed by atoms with Crippen molar-refractivity contribution in [1.29, 1.82) is 0 Å². The number of nitrogens with zero attached hydrogens (tertiary/aromatic N) is 4. The Labute approximate surface area is 159 Å². The molecule has 3 aromatic heterocycles. The Morgan fingerprint density at radius 1 is 1.04 bits per heavy atom. The first-order chi connectivity index (χ1) is 12.5. The van der Waals surface area contributed by atoms with Crippen LogP contribution in [0.1, 0.15) is 34.1 Å². The second-order valence-corrected chi connectivity index (χ2v) is 8.75. The Morgan fingerprint density at radius 2 is 1.81 bits per heavy atom. The first kappa shape index (κ1) is 17.2. The summed E-state index contributed by atoms with van der Waals surface area (Å²) in [6.45, 7) is 8.35. The molecular weight excluding hydrogens is 364 g/mol. The van der Waals surface area contributed by atoms with Gasteiger partial charge in [0.05, 0.1) is 5.25 Å². The van der Waals surface area contributed by atoms with Gasteiger partial charge in [0.15, 0.2) is 0 Å². The molecule has 0 radical (unpaired) electrons. The molecule has 0 fully saturated rings. The van der Waals surface area contributed by atoms with E-state index in [0.717, 1.165) is 20.8 Å². The summed E-state index contributed by atoms with van der Waals surface area (Å²) in [5, 5.41) is 10.5. The fourth-order valence-electron chi connectivity index (χ4n) is 2.67. The van der Waals surface area contributed by atoms with E-state index in [2.05, 4.69) is 47.9 Å². The Morgan fingerprint density at radius 3 is 2.58 bits per heavy atom. The molecule has 0 N–H and O–H groups in total. The van der Waals surface area contributed by atoms with Gasteiger partial charge in [-0.05, 0) is 45.4 Å². The summed E-state index contributed by atoms with van der Waals surface area (Å²) >= 11 is 3.33. The number of aryl methyl sites for hydroxylation is 3. The van der Waals surface area contributed by atoms with Crippen molar-refractivity contribution < 1.29 is 4.42 Å². The van der Waals surface area contributed by atoms with E-state index in [1.807, 2.05) is 24.3 Å². The van der Waals surface area contributed by atoms with Gasteiger partial charge in [0.25, 0.3) is 0 Å². The van der Waals surface area contributed by atoms with Gasteiger partial charge in [0.1, 0.15) is 16.2 Å². The van der Waals surface area contributed by atoms with Gasteiger partial charge in [-0.1, -0.05) is 29.5 Å². The Hall–Kier alpha value is -2.25. The number of fused-ring (bicyclic) bond motifs is 1. The maximum absolute atomic E-state index is 5.91. The van der Waals surface area contributed by atoms with E-state index in [1.165, 1.54) is 16.0 Å². The molecule has 0 spiro atoms. The lowest BCUT2D eigenvalue weighted by Gasteiger charge is -2.07. The van der Waals surface area contributed by atoms with Crippen LogP contribution in [0, 0.1) is 20.8 Å². The van der Waals surface area contributed by atoms with Crippen molar-refractivity contribution in [2.24, 2.45) is 0 Å². The fraction of sp³-hybridized carbons (Fsp3) is 0.263. The van der Waals surface area contributed by atoms with Crippen molar-refractivity contribution >= 4 is 33.3 Å². The van der Waals surface area contributed by atoms with E-state index in [4.69, 9.17) is 4.42 Å². The summed E-state index contributed by atoms with van der Waals surface area (Å²) in [5.41, 5.74) is 3.37. The molecule has 5 nitrogen and oxygen atoms in total. The molecule has 7 heteroatoms. The third-order valence-electron chi connectivity index (χ3n) is 4.31. The van der Waals surface area contributed by atoms with E-state index in [9.17, 15) is 0 Å². The van der Waals surface area contributed by atoms with Crippen LogP contribution in [0.4, 0.5) is 0 Å². The second kappa shape index (κ2) is 6.81. The predicted octanol–water partition coefficient (Wildman–Crippen LogP) is 5.52. The Bertz CT molecular complexity index is 1070. The van der Waals surface area contributed by atoms with Crippen LogP contribution in [0.15, 0.2) is 40.0 Å². The van der Waals surface area contributed by atoms with Gasteiger partial charge in [-0.15, -0.1) is 21.5 Å². The molecule has 0 amide bonds. The molecule has 4 rings (SSSR count). The van der Waals surface area contributed by atoms with Crippen molar-refractivity contribution in [2.75, 3.05) is 0 Å². The van der Waals surface area contributed by atoms with Gasteiger partial charge < -0.3 is 4.42 Å². The van der Waals surface area contributed by atoms with E-state index >= 15 is 0 Å². The lowest BCUT2D eigenvalue weighted by Crippen LogP contribution is -1.92.